The third-order valence-electron chi connectivity index (χ3n) is 2.54. The summed E-state index contributed by atoms with van der Waals surface area (Å²) < 4.78 is 5.03. The van der Waals surface area contributed by atoms with Crippen molar-refractivity contribution in [1.82, 2.24) is 9.80 Å². The zero-order valence-corrected chi connectivity index (χ0v) is 9.02. The van der Waals surface area contributed by atoms with Crippen LogP contribution in [0.15, 0.2) is 12.4 Å². The first-order valence-corrected chi connectivity index (χ1v) is 5.09. The van der Waals surface area contributed by atoms with E-state index in [-0.39, 0.29) is 6.61 Å². The Balaban J connectivity index is 2.28. The molecule has 1 aliphatic rings. The van der Waals surface area contributed by atoms with E-state index < -0.39 is 0 Å². The van der Waals surface area contributed by atoms with Gasteiger partial charge in [-0.25, -0.2) is 0 Å². The number of ether oxygens (including phenoxy) is 1. The summed E-state index contributed by atoms with van der Waals surface area (Å²) >= 11 is 0. The molecule has 4 heteroatoms. The van der Waals surface area contributed by atoms with Gasteiger partial charge in [0, 0.05) is 39.2 Å². The van der Waals surface area contributed by atoms with Crippen LogP contribution < -0.4 is 0 Å². The van der Waals surface area contributed by atoms with E-state index in [1.54, 1.807) is 7.11 Å². The molecule has 1 heterocycles. The lowest BCUT2D eigenvalue weighted by Gasteiger charge is -2.29. The van der Waals surface area contributed by atoms with Crippen LogP contribution in [-0.4, -0.2) is 54.5 Å². The van der Waals surface area contributed by atoms with Gasteiger partial charge in [-0.15, -0.1) is 0 Å². The second-order valence-electron chi connectivity index (χ2n) is 3.48. The number of hydrogen-bond donors (Lipinski definition) is 1. The van der Waals surface area contributed by atoms with Gasteiger partial charge in [-0.3, -0.25) is 0 Å². The summed E-state index contributed by atoms with van der Waals surface area (Å²) in [5.41, 5.74) is 0. The molecule has 0 aromatic carbocycles. The molecule has 0 radical (unpaired) electrons. The van der Waals surface area contributed by atoms with Crippen molar-refractivity contribution in [3.05, 3.63) is 12.4 Å². The zero-order valence-electron chi connectivity index (χ0n) is 9.02. The highest BCUT2D eigenvalue weighted by Gasteiger charge is 2.20. The molecule has 0 aliphatic carbocycles. The molecule has 1 unspecified atom stereocenters. The van der Waals surface area contributed by atoms with E-state index in [0.29, 0.717) is 6.17 Å². The summed E-state index contributed by atoms with van der Waals surface area (Å²) in [4.78, 5) is 4.47. The third kappa shape index (κ3) is 2.89. The van der Waals surface area contributed by atoms with Gasteiger partial charge in [0.25, 0.3) is 0 Å². The number of aliphatic hydroxyl groups excluding tert-OH is 1. The lowest BCUT2D eigenvalue weighted by atomic mass is 10.4. The van der Waals surface area contributed by atoms with E-state index in [1.807, 2.05) is 0 Å². The van der Waals surface area contributed by atoms with Gasteiger partial charge in [-0.1, -0.05) is 0 Å². The average Bonchev–Trinajstić information content (AvgIpc) is 2.54. The zero-order chi connectivity index (χ0) is 10.4. The lowest BCUT2D eigenvalue weighted by molar-refractivity contribution is 0.115. The Bertz CT molecular complexity index is 167. The quantitative estimate of drug-likeness (QED) is 0.675. The van der Waals surface area contributed by atoms with Crippen LogP contribution in [0, 0.1) is 0 Å². The van der Waals surface area contributed by atoms with E-state index in [9.17, 15) is 0 Å². The predicted octanol–water partition coefficient (Wildman–Crippen LogP) is 0.450. The molecular weight excluding hydrogens is 180 g/mol. The van der Waals surface area contributed by atoms with Crippen LogP contribution >= 0.6 is 0 Å². The Morgan fingerprint density at radius 2 is 1.93 bits per heavy atom. The van der Waals surface area contributed by atoms with Gasteiger partial charge < -0.3 is 19.6 Å². The molecular formula is C10H20N2O2. The highest BCUT2D eigenvalue weighted by molar-refractivity contribution is 4.95. The summed E-state index contributed by atoms with van der Waals surface area (Å²) in [6, 6.07) is 0. The van der Waals surface area contributed by atoms with E-state index >= 15 is 0 Å². The Kier molecular flexibility index (Phi) is 4.76. The van der Waals surface area contributed by atoms with Crippen LogP contribution in [0.1, 0.15) is 13.3 Å². The van der Waals surface area contributed by atoms with E-state index in [2.05, 4.69) is 29.1 Å². The van der Waals surface area contributed by atoms with Gasteiger partial charge in [0.05, 0.1) is 12.8 Å². The van der Waals surface area contributed by atoms with E-state index in [4.69, 9.17) is 9.84 Å². The molecule has 0 saturated heterocycles. The van der Waals surface area contributed by atoms with Crippen molar-refractivity contribution in [3.63, 3.8) is 0 Å². The number of aliphatic hydroxyl groups is 1. The molecule has 0 amide bonds. The molecule has 1 rings (SSSR count). The fourth-order valence-corrected chi connectivity index (χ4v) is 1.58. The van der Waals surface area contributed by atoms with Crippen LogP contribution in [0.4, 0.5) is 0 Å². The van der Waals surface area contributed by atoms with E-state index in [0.717, 1.165) is 26.1 Å². The maximum atomic E-state index is 8.74. The topological polar surface area (TPSA) is 35.9 Å². The molecule has 14 heavy (non-hydrogen) atoms. The monoisotopic (exact) mass is 200 g/mol. The van der Waals surface area contributed by atoms with Crippen molar-refractivity contribution in [2.45, 2.75) is 19.5 Å². The minimum absolute atomic E-state index is 0.259. The van der Waals surface area contributed by atoms with Crippen LogP contribution in [0.5, 0.6) is 0 Å². The van der Waals surface area contributed by atoms with Crippen molar-refractivity contribution in [2.75, 3.05) is 33.4 Å². The van der Waals surface area contributed by atoms with Gasteiger partial charge in [-0.2, -0.15) is 0 Å². The van der Waals surface area contributed by atoms with Gasteiger partial charge in [-0.05, 0) is 13.3 Å². The molecule has 4 nitrogen and oxygen atoms in total. The van der Waals surface area contributed by atoms with Crippen molar-refractivity contribution in [3.8, 4) is 0 Å². The number of hydrogen-bond acceptors (Lipinski definition) is 4. The first-order valence-electron chi connectivity index (χ1n) is 5.09. The largest absolute Gasteiger partial charge is 0.396 e. The summed E-state index contributed by atoms with van der Waals surface area (Å²) in [5, 5.41) is 8.74. The molecule has 0 aromatic rings. The summed E-state index contributed by atoms with van der Waals surface area (Å²) in [6.07, 6.45) is 5.38. The SMILES string of the molecule is COCCN1C=CN(CCCO)C1C. The normalized spacial score (nSPS) is 20.9. The van der Waals surface area contributed by atoms with Crippen LogP contribution in [0.25, 0.3) is 0 Å². The fourth-order valence-electron chi connectivity index (χ4n) is 1.58. The standard InChI is InChI=1S/C10H20N2O2/c1-10-11(4-3-8-13)5-6-12(10)7-9-14-2/h5-6,10,13H,3-4,7-9H2,1-2H3. The van der Waals surface area contributed by atoms with E-state index in [1.165, 1.54) is 0 Å². The van der Waals surface area contributed by atoms with Gasteiger partial charge in [0.2, 0.25) is 0 Å². The Morgan fingerprint density at radius 1 is 1.29 bits per heavy atom. The number of methoxy groups -OCH3 is 1. The van der Waals surface area contributed by atoms with Crippen molar-refractivity contribution < 1.29 is 9.84 Å². The lowest BCUT2D eigenvalue weighted by Crippen LogP contribution is -2.38. The number of rotatable bonds is 6. The smallest absolute Gasteiger partial charge is 0.0978 e. The Hall–Kier alpha value is -0.740. The highest BCUT2D eigenvalue weighted by Crippen LogP contribution is 2.14. The fraction of sp³-hybridized carbons (Fsp3) is 0.800. The van der Waals surface area contributed by atoms with Crippen LogP contribution in [0.3, 0.4) is 0 Å². The second kappa shape index (κ2) is 5.88. The Morgan fingerprint density at radius 3 is 2.50 bits per heavy atom. The van der Waals surface area contributed by atoms with Crippen LogP contribution in [-0.2, 0) is 4.74 Å². The Labute approximate surface area is 85.8 Å². The van der Waals surface area contributed by atoms with Crippen molar-refractivity contribution in [2.24, 2.45) is 0 Å². The van der Waals surface area contributed by atoms with Gasteiger partial charge in [0.1, 0.15) is 0 Å². The molecule has 0 saturated carbocycles. The molecule has 0 aromatic heterocycles. The second-order valence-corrected chi connectivity index (χ2v) is 3.48. The molecule has 0 fully saturated rings. The summed E-state index contributed by atoms with van der Waals surface area (Å²) in [7, 11) is 1.72. The predicted molar refractivity (Wildman–Crippen MR) is 55.6 cm³/mol. The first-order chi connectivity index (χ1) is 6.79. The maximum Gasteiger partial charge on any atom is 0.0978 e. The molecule has 0 bridgehead atoms. The summed E-state index contributed by atoms with van der Waals surface area (Å²) in [6.45, 7) is 5.01. The molecule has 1 N–H and O–H groups in total. The van der Waals surface area contributed by atoms with Crippen molar-refractivity contribution >= 4 is 0 Å². The third-order valence-corrected chi connectivity index (χ3v) is 2.54. The minimum atomic E-state index is 0.259. The van der Waals surface area contributed by atoms with Gasteiger partial charge in [0.15, 0.2) is 0 Å². The molecule has 0 spiro atoms. The highest BCUT2D eigenvalue weighted by atomic mass is 16.5. The van der Waals surface area contributed by atoms with Crippen molar-refractivity contribution in [1.29, 1.82) is 0 Å². The molecule has 1 aliphatic heterocycles. The number of nitrogens with zero attached hydrogens (tertiary/aromatic N) is 2. The maximum absolute atomic E-state index is 8.74. The first kappa shape index (κ1) is 11.3. The molecule has 1 atom stereocenters. The average molecular weight is 200 g/mol. The van der Waals surface area contributed by atoms with Crippen LogP contribution in [0.2, 0.25) is 0 Å². The van der Waals surface area contributed by atoms with Gasteiger partial charge >= 0.3 is 0 Å². The molecule has 82 valence electrons. The minimum Gasteiger partial charge on any atom is -0.396 e. The summed E-state index contributed by atoms with van der Waals surface area (Å²) in [5.74, 6) is 0.